The first-order chi connectivity index (χ1) is 10.2. The van der Waals surface area contributed by atoms with E-state index in [-0.39, 0.29) is 0 Å². The van der Waals surface area contributed by atoms with Gasteiger partial charge in [-0.3, -0.25) is 0 Å². The van der Waals surface area contributed by atoms with Crippen molar-refractivity contribution in [1.82, 2.24) is 15.2 Å². The van der Waals surface area contributed by atoms with Gasteiger partial charge in [0.1, 0.15) is 0 Å². The van der Waals surface area contributed by atoms with Gasteiger partial charge in [0.2, 0.25) is 5.95 Å². The number of benzene rings is 1. The number of anilines is 2. The molecule has 0 unspecified atom stereocenters. The second-order valence-corrected chi connectivity index (χ2v) is 5.44. The summed E-state index contributed by atoms with van der Waals surface area (Å²) in [6, 6.07) is 10.4. The van der Waals surface area contributed by atoms with E-state index in [4.69, 9.17) is 0 Å². The third-order valence-electron chi connectivity index (χ3n) is 3.13. The summed E-state index contributed by atoms with van der Waals surface area (Å²) in [6.07, 6.45) is 3.70. The summed E-state index contributed by atoms with van der Waals surface area (Å²) in [5.74, 6) is 2.01. The molecule has 0 fully saturated rings. The zero-order valence-electron chi connectivity index (χ0n) is 12.7. The molecule has 0 aliphatic carbocycles. The molecule has 0 spiro atoms. The monoisotopic (exact) mass is 285 g/mol. The Bertz CT molecular complexity index is 527. The third-order valence-corrected chi connectivity index (χ3v) is 3.13. The molecule has 1 heterocycles. The largest absolute Gasteiger partial charge is 0.368 e. The summed E-state index contributed by atoms with van der Waals surface area (Å²) in [4.78, 5) is 4.40. The summed E-state index contributed by atoms with van der Waals surface area (Å²) in [6.45, 7) is 6.09. The molecule has 2 aromatic rings. The number of hydrogen-bond donors (Lipinski definition) is 2. The van der Waals surface area contributed by atoms with Crippen LogP contribution in [-0.4, -0.2) is 28.3 Å². The van der Waals surface area contributed by atoms with Gasteiger partial charge in [0.05, 0.1) is 6.20 Å². The first-order valence-corrected chi connectivity index (χ1v) is 7.45. The molecule has 0 aliphatic rings. The van der Waals surface area contributed by atoms with E-state index in [1.54, 1.807) is 6.20 Å². The van der Waals surface area contributed by atoms with Gasteiger partial charge in [0.15, 0.2) is 5.82 Å². The van der Waals surface area contributed by atoms with Gasteiger partial charge in [-0.2, -0.15) is 10.1 Å². The zero-order chi connectivity index (χ0) is 14.9. The van der Waals surface area contributed by atoms with E-state index in [0.29, 0.717) is 11.9 Å². The van der Waals surface area contributed by atoms with E-state index in [2.05, 4.69) is 63.9 Å². The Morgan fingerprint density at radius 1 is 1.05 bits per heavy atom. The fourth-order valence-electron chi connectivity index (χ4n) is 1.92. The van der Waals surface area contributed by atoms with Crippen LogP contribution in [0.3, 0.4) is 0 Å². The Labute approximate surface area is 126 Å². The van der Waals surface area contributed by atoms with E-state index >= 15 is 0 Å². The van der Waals surface area contributed by atoms with Crippen LogP contribution in [-0.2, 0) is 6.42 Å². The number of hydrogen-bond acceptors (Lipinski definition) is 5. The summed E-state index contributed by atoms with van der Waals surface area (Å²) in [5.41, 5.74) is 1.31. The van der Waals surface area contributed by atoms with Crippen molar-refractivity contribution < 1.29 is 0 Å². The SMILES string of the molecule is CC(C)CCNc1nncc(NCCc2ccccc2)n1. The molecule has 1 aromatic carbocycles. The van der Waals surface area contributed by atoms with Crippen LogP contribution in [0.5, 0.6) is 0 Å². The minimum atomic E-state index is 0.584. The molecule has 0 saturated carbocycles. The highest BCUT2D eigenvalue weighted by Crippen LogP contribution is 2.06. The van der Waals surface area contributed by atoms with Gasteiger partial charge in [0, 0.05) is 13.1 Å². The van der Waals surface area contributed by atoms with Crippen molar-refractivity contribution in [3.63, 3.8) is 0 Å². The van der Waals surface area contributed by atoms with E-state index in [1.807, 2.05) is 6.07 Å². The molecule has 0 radical (unpaired) electrons. The quantitative estimate of drug-likeness (QED) is 0.780. The van der Waals surface area contributed by atoms with Crippen molar-refractivity contribution in [3.05, 3.63) is 42.1 Å². The Balaban J connectivity index is 1.78. The molecule has 2 rings (SSSR count). The van der Waals surface area contributed by atoms with Gasteiger partial charge < -0.3 is 10.6 Å². The van der Waals surface area contributed by atoms with Gasteiger partial charge >= 0.3 is 0 Å². The van der Waals surface area contributed by atoms with Crippen molar-refractivity contribution in [3.8, 4) is 0 Å². The van der Waals surface area contributed by atoms with Crippen LogP contribution in [0.15, 0.2) is 36.5 Å². The van der Waals surface area contributed by atoms with Crippen molar-refractivity contribution >= 4 is 11.8 Å². The fourth-order valence-corrected chi connectivity index (χ4v) is 1.92. The third kappa shape index (κ3) is 5.77. The lowest BCUT2D eigenvalue weighted by Gasteiger charge is -2.08. The predicted octanol–water partition coefficient (Wildman–Crippen LogP) is 2.98. The second-order valence-electron chi connectivity index (χ2n) is 5.44. The molecule has 0 amide bonds. The lowest BCUT2D eigenvalue weighted by Crippen LogP contribution is -2.11. The summed E-state index contributed by atoms with van der Waals surface area (Å²) in [5, 5.41) is 14.4. The van der Waals surface area contributed by atoms with E-state index in [9.17, 15) is 0 Å². The van der Waals surface area contributed by atoms with Crippen LogP contribution in [0.2, 0.25) is 0 Å². The molecular weight excluding hydrogens is 262 g/mol. The lowest BCUT2D eigenvalue weighted by molar-refractivity contribution is 0.605. The Hall–Kier alpha value is -2.17. The first-order valence-electron chi connectivity index (χ1n) is 7.45. The normalized spacial score (nSPS) is 10.6. The average Bonchev–Trinajstić information content (AvgIpc) is 2.48. The number of aromatic nitrogens is 3. The summed E-state index contributed by atoms with van der Waals surface area (Å²) >= 11 is 0. The zero-order valence-corrected chi connectivity index (χ0v) is 12.7. The van der Waals surface area contributed by atoms with Crippen molar-refractivity contribution in [2.75, 3.05) is 23.7 Å². The topological polar surface area (TPSA) is 62.7 Å². The van der Waals surface area contributed by atoms with Crippen LogP contribution in [0.1, 0.15) is 25.8 Å². The molecular formula is C16H23N5. The molecule has 2 N–H and O–H groups in total. The van der Waals surface area contributed by atoms with Gasteiger partial charge in [-0.1, -0.05) is 44.2 Å². The lowest BCUT2D eigenvalue weighted by atomic mass is 10.1. The standard InChI is InChI=1S/C16H23N5/c1-13(2)8-10-18-16-20-15(12-19-21-16)17-11-9-14-6-4-3-5-7-14/h3-7,12-13H,8-11H2,1-2H3,(H2,17,18,20,21). The number of nitrogens with one attached hydrogen (secondary N) is 2. The van der Waals surface area contributed by atoms with Crippen molar-refractivity contribution in [2.24, 2.45) is 5.92 Å². The molecule has 0 saturated heterocycles. The van der Waals surface area contributed by atoms with Crippen LogP contribution in [0.25, 0.3) is 0 Å². The Morgan fingerprint density at radius 2 is 1.86 bits per heavy atom. The first kappa shape index (κ1) is 15.2. The van der Waals surface area contributed by atoms with E-state index in [1.165, 1.54) is 5.56 Å². The van der Waals surface area contributed by atoms with E-state index in [0.717, 1.165) is 31.7 Å². The fraction of sp³-hybridized carbons (Fsp3) is 0.438. The smallest absolute Gasteiger partial charge is 0.244 e. The molecule has 1 aromatic heterocycles. The van der Waals surface area contributed by atoms with Crippen LogP contribution >= 0.6 is 0 Å². The minimum Gasteiger partial charge on any atom is -0.368 e. The van der Waals surface area contributed by atoms with E-state index < -0.39 is 0 Å². The molecule has 112 valence electrons. The highest BCUT2D eigenvalue weighted by Gasteiger charge is 2.01. The maximum atomic E-state index is 4.40. The van der Waals surface area contributed by atoms with Gasteiger partial charge in [-0.25, -0.2) is 0 Å². The average molecular weight is 285 g/mol. The summed E-state index contributed by atoms with van der Waals surface area (Å²) in [7, 11) is 0. The molecule has 21 heavy (non-hydrogen) atoms. The van der Waals surface area contributed by atoms with Crippen molar-refractivity contribution in [1.29, 1.82) is 0 Å². The predicted molar refractivity (Wildman–Crippen MR) is 86.4 cm³/mol. The molecule has 0 bridgehead atoms. The highest BCUT2D eigenvalue weighted by atomic mass is 15.3. The molecule has 0 atom stereocenters. The maximum Gasteiger partial charge on any atom is 0.244 e. The van der Waals surface area contributed by atoms with Gasteiger partial charge in [-0.05, 0) is 24.3 Å². The molecule has 0 aliphatic heterocycles. The van der Waals surface area contributed by atoms with Crippen LogP contribution < -0.4 is 10.6 Å². The van der Waals surface area contributed by atoms with Crippen molar-refractivity contribution in [2.45, 2.75) is 26.7 Å². The van der Waals surface area contributed by atoms with Crippen LogP contribution in [0.4, 0.5) is 11.8 Å². The van der Waals surface area contributed by atoms with Crippen LogP contribution in [0, 0.1) is 5.92 Å². The minimum absolute atomic E-state index is 0.584. The van der Waals surface area contributed by atoms with Gasteiger partial charge in [0.25, 0.3) is 0 Å². The number of rotatable bonds is 8. The number of nitrogens with zero attached hydrogens (tertiary/aromatic N) is 3. The highest BCUT2D eigenvalue weighted by molar-refractivity contribution is 5.37. The Kier molecular flexibility index (Phi) is 5.94. The Morgan fingerprint density at radius 3 is 2.62 bits per heavy atom. The second kappa shape index (κ2) is 8.19. The molecule has 5 heteroatoms. The molecule has 5 nitrogen and oxygen atoms in total. The van der Waals surface area contributed by atoms with Gasteiger partial charge in [-0.15, -0.1) is 5.10 Å². The maximum absolute atomic E-state index is 4.40. The summed E-state index contributed by atoms with van der Waals surface area (Å²) < 4.78 is 0.